The molecule has 19 heavy (non-hydrogen) atoms. The van der Waals surface area contributed by atoms with E-state index in [1.165, 1.54) is 11.3 Å². The van der Waals surface area contributed by atoms with Crippen LogP contribution in [0.5, 0.6) is 0 Å². The van der Waals surface area contributed by atoms with Gasteiger partial charge >= 0.3 is 0 Å². The van der Waals surface area contributed by atoms with Gasteiger partial charge in [0.2, 0.25) is 10.0 Å². The maximum atomic E-state index is 12.2. The van der Waals surface area contributed by atoms with Crippen molar-refractivity contribution in [2.24, 2.45) is 0 Å². The predicted octanol–water partition coefficient (Wildman–Crippen LogP) is 2.28. The van der Waals surface area contributed by atoms with Crippen LogP contribution in [0.4, 0.5) is 0 Å². The molecule has 0 radical (unpaired) electrons. The molecule has 1 rings (SSSR count). The van der Waals surface area contributed by atoms with Crippen molar-refractivity contribution in [2.45, 2.75) is 37.1 Å². The Morgan fingerprint density at radius 1 is 1.42 bits per heavy atom. The highest BCUT2D eigenvalue weighted by atomic mass is 32.2. The number of thiophene rings is 1. The van der Waals surface area contributed by atoms with Gasteiger partial charge in [0.1, 0.15) is 4.21 Å². The molecule has 0 amide bonds. The number of hydrogen-bond donors (Lipinski definition) is 2. The third-order valence-corrected chi connectivity index (χ3v) is 6.37. The standard InChI is InChI=1S/C12H22N2O2S3/c1-4-13-9-11-5-6-12(18-11)19(15,16)14-10(2)7-8-17-3/h5-6,10,13-14H,4,7-9H2,1-3H3. The molecule has 1 unspecified atom stereocenters. The highest BCUT2D eigenvalue weighted by molar-refractivity contribution is 7.98. The Kier molecular flexibility index (Phi) is 7.38. The van der Waals surface area contributed by atoms with Crippen LogP contribution in [0.2, 0.25) is 0 Å². The molecule has 0 aliphatic heterocycles. The van der Waals surface area contributed by atoms with E-state index in [4.69, 9.17) is 0 Å². The Bertz CT molecular complexity index is 471. The van der Waals surface area contributed by atoms with E-state index in [2.05, 4.69) is 10.0 Å². The first-order valence-electron chi connectivity index (χ1n) is 6.30. The second kappa shape index (κ2) is 8.26. The van der Waals surface area contributed by atoms with Gasteiger partial charge in [0.25, 0.3) is 0 Å². The van der Waals surface area contributed by atoms with Gasteiger partial charge in [0.15, 0.2) is 0 Å². The number of hydrogen-bond acceptors (Lipinski definition) is 5. The van der Waals surface area contributed by atoms with Crippen LogP contribution in [0, 0.1) is 0 Å². The summed E-state index contributed by atoms with van der Waals surface area (Å²) < 4.78 is 27.5. The molecule has 0 aliphatic rings. The monoisotopic (exact) mass is 322 g/mol. The molecule has 0 aliphatic carbocycles. The lowest BCUT2D eigenvalue weighted by Crippen LogP contribution is -2.32. The summed E-state index contributed by atoms with van der Waals surface area (Å²) in [5, 5.41) is 3.19. The highest BCUT2D eigenvalue weighted by Crippen LogP contribution is 2.21. The van der Waals surface area contributed by atoms with Crippen LogP contribution < -0.4 is 10.0 Å². The lowest BCUT2D eigenvalue weighted by molar-refractivity contribution is 0.559. The molecular weight excluding hydrogens is 300 g/mol. The third kappa shape index (κ3) is 5.83. The third-order valence-electron chi connectivity index (χ3n) is 2.56. The molecule has 1 heterocycles. The molecule has 0 saturated carbocycles. The quantitative estimate of drug-likeness (QED) is 0.732. The Morgan fingerprint density at radius 2 is 2.16 bits per heavy atom. The van der Waals surface area contributed by atoms with Crippen molar-refractivity contribution in [3.05, 3.63) is 17.0 Å². The molecule has 0 bridgehead atoms. The van der Waals surface area contributed by atoms with Gasteiger partial charge in [0.05, 0.1) is 0 Å². The van der Waals surface area contributed by atoms with Gasteiger partial charge in [-0.3, -0.25) is 0 Å². The van der Waals surface area contributed by atoms with Crippen molar-refractivity contribution in [1.29, 1.82) is 0 Å². The molecule has 4 nitrogen and oxygen atoms in total. The minimum atomic E-state index is -3.36. The van der Waals surface area contributed by atoms with Gasteiger partial charge in [-0.25, -0.2) is 13.1 Å². The number of nitrogens with one attached hydrogen (secondary N) is 2. The minimum absolute atomic E-state index is 0.0308. The van der Waals surface area contributed by atoms with Crippen LogP contribution >= 0.6 is 23.1 Å². The first kappa shape index (κ1) is 17.0. The van der Waals surface area contributed by atoms with E-state index < -0.39 is 10.0 Å². The van der Waals surface area contributed by atoms with Crippen LogP contribution in [-0.2, 0) is 16.6 Å². The van der Waals surface area contributed by atoms with Crippen LogP contribution in [0.1, 0.15) is 25.1 Å². The largest absolute Gasteiger partial charge is 0.312 e. The average Bonchev–Trinajstić information content (AvgIpc) is 2.83. The number of sulfonamides is 1. The van der Waals surface area contributed by atoms with Gasteiger partial charge in [0, 0.05) is 17.5 Å². The van der Waals surface area contributed by atoms with Crippen molar-refractivity contribution < 1.29 is 8.42 Å². The first-order chi connectivity index (χ1) is 8.99. The first-order valence-corrected chi connectivity index (χ1v) is 9.99. The van der Waals surface area contributed by atoms with E-state index in [1.54, 1.807) is 17.8 Å². The molecule has 0 spiro atoms. The molecule has 1 aromatic rings. The van der Waals surface area contributed by atoms with Crippen molar-refractivity contribution in [3.63, 3.8) is 0 Å². The van der Waals surface area contributed by atoms with Gasteiger partial charge < -0.3 is 5.32 Å². The summed E-state index contributed by atoms with van der Waals surface area (Å²) in [6, 6.07) is 3.52. The topological polar surface area (TPSA) is 58.2 Å². The molecule has 0 aromatic carbocycles. The molecule has 1 aromatic heterocycles. The SMILES string of the molecule is CCNCc1ccc(S(=O)(=O)NC(C)CCSC)s1. The second-order valence-corrected chi connectivity index (χ2v) is 8.40. The fourth-order valence-electron chi connectivity index (χ4n) is 1.52. The fraction of sp³-hybridized carbons (Fsp3) is 0.667. The molecule has 0 saturated heterocycles. The zero-order chi connectivity index (χ0) is 14.3. The summed E-state index contributed by atoms with van der Waals surface area (Å²) >= 11 is 3.05. The summed E-state index contributed by atoms with van der Waals surface area (Å²) in [5.41, 5.74) is 0. The zero-order valence-corrected chi connectivity index (χ0v) is 14.1. The summed E-state index contributed by atoms with van der Waals surface area (Å²) in [6.45, 7) is 5.53. The normalized spacial score (nSPS) is 13.6. The van der Waals surface area contributed by atoms with Crippen molar-refractivity contribution >= 4 is 33.1 Å². The Morgan fingerprint density at radius 3 is 2.79 bits per heavy atom. The average molecular weight is 323 g/mol. The predicted molar refractivity (Wildman–Crippen MR) is 84.5 cm³/mol. The fourth-order valence-corrected chi connectivity index (χ4v) is 4.73. The van der Waals surface area contributed by atoms with Gasteiger partial charge in [-0.15, -0.1) is 11.3 Å². The van der Waals surface area contributed by atoms with Crippen molar-refractivity contribution in [3.8, 4) is 0 Å². The van der Waals surface area contributed by atoms with E-state index in [0.29, 0.717) is 4.21 Å². The Labute approximate surface area is 124 Å². The van der Waals surface area contributed by atoms with Crippen LogP contribution in [0.25, 0.3) is 0 Å². The van der Waals surface area contributed by atoms with Crippen LogP contribution in [-0.4, -0.2) is 33.0 Å². The van der Waals surface area contributed by atoms with E-state index >= 15 is 0 Å². The van der Waals surface area contributed by atoms with Crippen molar-refractivity contribution in [2.75, 3.05) is 18.6 Å². The van der Waals surface area contributed by atoms with Gasteiger partial charge in [-0.1, -0.05) is 6.92 Å². The molecule has 110 valence electrons. The van der Waals surface area contributed by atoms with Gasteiger partial charge in [-0.2, -0.15) is 11.8 Å². The molecular formula is C12H22N2O2S3. The van der Waals surface area contributed by atoms with Gasteiger partial charge in [-0.05, 0) is 44.0 Å². The van der Waals surface area contributed by atoms with E-state index in [-0.39, 0.29) is 6.04 Å². The maximum absolute atomic E-state index is 12.2. The Hall–Kier alpha value is -0.0800. The summed E-state index contributed by atoms with van der Waals surface area (Å²) in [6.07, 6.45) is 2.86. The lowest BCUT2D eigenvalue weighted by Gasteiger charge is -2.12. The maximum Gasteiger partial charge on any atom is 0.250 e. The number of thioether (sulfide) groups is 1. The number of rotatable bonds is 9. The smallest absolute Gasteiger partial charge is 0.250 e. The van der Waals surface area contributed by atoms with E-state index in [9.17, 15) is 8.42 Å². The van der Waals surface area contributed by atoms with Crippen molar-refractivity contribution in [1.82, 2.24) is 10.0 Å². The minimum Gasteiger partial charge on any atom is -0.312 e. The second-order valence-electron chi connectivity index (χ2n) is 4.30. The molecule has 7 heteroatoms. The Balaban J connectivity index is 2.63. The van der Waals surface area contributed by atoms with E-state index in [1.807, 2.05) is 26.2 Å². The molecule has 2 N–H and O–H groups in total. The summed E-state index contributed by atoms with van der Waals surface area (Å²) in [5.74, 6) is 0.958. The highest BCUT2D eigenvalue weighted by Gasteiger charge is 2.19. The zero-order valence-electron chi connectivity index (χ0n) is 11.6. The lowest BCUT2D eigenvalue weighted by atomic mass is 10.3. The molecule has 0 fully saturated rings. The molecule has 1 atom stereocenters. The van der Waals surface area contributed by atoms with Crippen LogP contribution in [0.15, 0.2) is 16.3 Å². The summed E-state index contributed by atoms with van der Waals surface area (Å²) in [4.78, 5) is 1.04. The van der Waals surface area contributed by atoms with Crippen LogP contribution in [0.3, 0.4) is 0 Å². The summed E-state index contributed by atoms with van der Waals surface area (Å²) in [7, 11) is -3.36. The van der Waals surface area contributed by atoms with E-state index in [0.717, 1.165) is 30.1 Å².